The molecule has 0 amide bonds. The highest BCUT2D eigenvalue weighted by Crippen LogP contribution is 2.31. The van der Waals surface area contributed by atoms with Crippen molar-refractivity contribution in [3.63, 3.8) is 0 Å². The highest BCUT2D eigenvalue weighted by atomic mass is 16.5. The summed E-state index contributed by atoms with van der Waals surface area (Å²) in [5.74, 6) is 1.28. The number of hydrogen-bond acceptors (Lipinski definition) is 3. The van der Waals surface area contributed by atoms with Gasteiger partial charge in [0.1, 0.15) is 18.2 Å². The van der Waals surface area contributed by atoms with E-state index in [2.05, 4.69) is 11.8 Å². The molecule has 1 heterocycles. The molecular formula is C13H19NO2. The molecule has 2 rings (SSSR count). The average molecular weight is 221 g/mol. The number of aryl methyl sites for hydroxylation is 1. The van der Waals surface area contributed by atoms with Crippen molar-refractivity contribution in [2.45, 2.75) is 33.2 Å². The Hall–Kier alpha value is -1.22. The molecule has 0 saturated heterocycles. The van der Waals surface area contributed by atoms with Crippen LogP contribution in [-0.4, -0.2) is 23.3 Å². The van der Waals surface area contributed by atoms with E-state index in [1.807, 2.05) is 19.1 Å². The summed E-state index contributed by atoms with van der Waals surface area (Å²) >= 11 is 0. The number of benzene rings is 1. The van der Waals surface area contributed by atoms with Crippen molar-refractivity contribution in [1.29, 1.82) is 0 Å². The molecule has 0 aliphatic carbocycles. The van der Waals surface area contributed by atoms with E-state index in [9.17, 15) is 5.11 Å². The summed E-state index contributed by atoms with van der Waals surface area (Å²) in [5, 5.41) is 9.66. The Morgan fingerprint density at radius 3 is 3.00 bits per heavy atom. The summed E-state index contributed by atoms with van der Waals surface area (Å²) in [6.07, 6.45) is 2.39. The van der Waals surface area contributed by atoms with Gasteiger partial charge in [0.05, 0.1) is 0 Å². The Morgan fingerprint density at radius 1 is 1.44 bits per heavy atom. The fourth-order valence-electron chi connectivity index (χ4n) is 1.94. The van der Waals surface area contributed by atoms with E-state index in [4.69, 9.17) is 4.74 Å². The topological polar surface area (TPSA) is 32.7 Å². The maximum atomic E-state index is 9.66. The molecule has 0 aromatic heterocycles. The van der Waals surface area contributed by atoms with Crippen molar-refractivity contribution in [1.82, 2.24) is 4.90 Å². The Morgan fingerprint density at radius 2 is 2.25 bits per heavy atom. The molecule has 88 valence electrons. The number of ether oxygens (including phenoxy) is 1. The summed E-state index contributed by atoms with van der Waals surface area (Å²) in [7, 11) is 0. The molecule has 0 unspecified atom stereocenters. The molecule has 0 atom stereocenters. The first-order valence-electron chi connectivity index (χ1n) is 5.88. The third-order valence-corrected chi connectivity index (χ3v) is 3.00. The molecule has 0 radical (unpaired) electrons. The molecule has 16 heavy (non-hydrogen) atoms. The van der Waals surface area contributed by atoms with Crippen LogP contribution in [0.4, 0.5) is 0 Å². The van der Waals surface area contributed by atoms with Crippen LogP contribution >= 0.6 is 0 Å². The second kappa shape index (κ2) is 4.74. The molecular weight excluding hydrogens is 202 g/mol. The predicted molar refractivity (Wildman–Crippen MR) is 63.7 cm³/mol. The number of hydrogen-bond donors (Lipinski definition) is 1. The lowest BCUT2D eigenvalue weighted by molar-refractivity contribution is 0.0937. The van der Waals surface area contributed by atoms with Crippen molar-refractivity contribution in [2.75, 3.05) is 13.3 Å². The van der Waals surface area contributed by atoms with Crippen molar-refractivity contribution in [2.24, 2.45) is 0 Å². The monoisotopic (exact) mass is 221 g/mol. The molecule has 1 aliphatic heterocycles. The van der Waals surface area contributed by atoms with Gasteiger partial charge in [0.2, 0.25) is 0 Å². The van der Waals surface area contributed by atoms with E-state index in [1.54, 1.807) is 0 Å². The minimum absolute atomic E-state index is 0.361. The van der Waals surface area contributed by atoms with E-state index < -0.39 is 0 Å². The zero-order valence-corrected chi connectivity index (χ0v) is 9.99. The Balaban J connectivity index is 2.11. The first-order valence-corrected chi connectivity index (χ1v) is 5.88. The van der Waals surface area contributed by atoms with Crippen LogP contribution in [0.2, 0.25) is 0 Å². The lowest BCUT2D eigenvalue weighted by Crippen LogP contribution is -2.32. The van der Waals surface area contributed by atoms with E-state index in [0.717, 1.165) is 30.0 Å². The van der Waals surface area contributed by atoms with Gasteiger partial charge in [-0.25, -0.2) is 0 Å². The number of aromatic hydroxyl groups is 1. The maximum absolute atomic E-state index is 9.66. The molecule has 0 saturated carbocycles. The third kappa shape index (κ3) is 2.30. The molecule has 1 N–H and O–H groups in total. The summed E-state index contributed by atoms with van der Waals surface area (Å²) in [4.78, 5) is 2.26. The molecule has 1 aromatic carbocycles. The average Bonchev–Trinajstić information content (AvgIpc) is 2.28. The van der Waals surface area contributed by atoms with Gasteiger partial charge in [-0.3, -0.25) is 4.90 Å². The van der Waals surface area contributed by atoms with Crippen LogP contribution in [0.3, 0.4) is 0 Å². The zero-order chi connectivity index (χ0) is 11.5. The zero-order valence-electron chi connectivity index (χ0n) is 9.99. The van der Waals surface area contributed by atoms with Gasteiger partial charge in [0.15, 0.2) is 0 Å². The lowest BCUT2D eigenvalue weighted by atomic mass is 10.1. The van der Waals surface area contributed by atoms with Crippen LogP contribution in [0.1, 0.15) is 30.9 Å². The number of fused-ring (bicyclic) bond motifs is 1. The Labute approximate surface area is 96.6 Å². The van der Waals surface area contributed by atoms with Gasteiger partial charge < -0.3 is 9.84 Å². The smallest absolute Gasteiger partial charge is 0.142 e. The van der Waals surface area contributed by atoms with Crippen LogP contribution < -0.4 is 4.74 Å². The van der Waals surface area contributed by atoms with Crippen LogP contribution in [0.15, 0.2) is 12.1 Å². The summed E-state index contributed by atoms with van der Waals surface area (Å²) in [6, 6.07) is 3.74. The van der Waals surface area contributed by atoms with E-state index in [0.29, 0.717) is 12.5 Å². The second-order valence-corrected chi connectivity index (χ2v) is 4.43. The molecule has 3 nitrogen and oxygen atoms in total. The quantitative estimate of drug-likeness (QED) is 0.851. The van der Waals surface area contributed by atoms with Gasteiger partial charge in [0, 0.05) is 18.7 Å². The Bertz CT molecular complexity index is 376. The Kier molecular flexibility index (Phi) is 3.34. The van der Waals surface area contributed by atoms with Crippen LogP contribution in [-0.2, 0) is 6.54 Å². The maximum Gasteiger partial charge on any atom is 0.142 e. The molecule has 1 aliphatic rings. The number of rotatable bonds is 3. The van der Waals surface area contributed by atoms with Gasteiger partial charge in [-0.2, -0.15) is 0 Å². The standard InChI is InChI=1S/C13H19NO2/c1-3-4-5-14-8-11-7-12(15)10(2)6-13(11)16-9-14/h6-7,15H,3-5,8-9H2,1-2H3. The molecule has 0 fully saturated rings. The normalized spacial score (nSPS) is 15.6. The number of phenolic OH excluding ortho intramolecular Hbond substituents is 1. The highest BCUT2D eigenvalue weighted by molar-refractivity contribution is 5.45. The second-order valence-electron chi connectivity index (χ2n) is 4.43. The number of nitrogens with zero attached hydrogens (tertiary/aromatic N) is 1. The SMILES string of the molecule is CCCCN1COc2cc(C)c(O)cc2C1. The molecule has 3 heteroatoms. The summed E-state index contributed by atoms with van der Waals surface area (Å²) in [5.41, 5.74) is 1.96. The van der Waals surface area contributed by atoms with E-state index in [-0.39, 0.29) is 0 Å². The number of phenols is 1. The summed E-state index contributed by atoms with van der Waals surface area (Å²) in [6.45, 7) is 6.68. The predicted octanol–water partition coefficient (Wildman–Crippen LogP) is 2.65. The minimum atomic E-state index is 0.361. The van der Waals surface area contributed by atoms with Gasteiger partial charge in [-0.05, 0) is 31.0 Å². The molecule has 1 aromatic rings. The van der Waals surface area contributed by atoms with E-state index in [1.165, 1.54) is 12.8 Å². The van der Waals surface area contributed by atoms with Crippen LogP contribution in [0.25, 0.3) is 0 Å². The highest BCUT2D eigenvalue weighted by Gasteiger charge is 2.18. The third-order valence-electron chi connectivity index (χ3n) is 3.00. The van der Waals surface area contributed by atoms with Gasteiger partial charge in [0.25, 0.3) is 0 Å². The molecule has 0 bridgehead atoms. The fraction of sp³-hybridized carbons (Fsp3) is 0.538. The van der Waals surface area contributed by atoms with Crippen molar-refractivity contribution in [3.8, 4) is 11.5 Å². The largest absolute Gasteiger partial charge is 0.508 e. The first-order chi connectivity index (χ1) is 7.70. The fourth-order valence-corrected chi connectivity index (χ4v) is 1.94. The van der Waals surface area contributed by atoms with Crippen molar-refractivity contribution in [3.05, 3.63) is 23.3 Å². The van der Waals surface area contributed by atoms with E-state index >= 15 is 0 Å². The van der Waals surface area contributed by atoms with Crippen LogP contribution in [0, 0.1) is 6.92 Å². The minimum Gasteiger partial charge on any atom is -0.508 e. The van der Waals surface area contributed by atoms with Gasteiger partial charge in [-0.15, -0.1) is 0 Å². The molecule has 0 spiro atoms. The van der Waals surface area contributed by atoms with Crippen molar-refractivity contribution < 1.29 is 9.84 Å². The van der Waals surface area contributed by atoms with Gasteiger partial charge >= 0.3 is 0 Å². The number of unbranched alkanes of at least 4 members (excludes halogenated alkanes) is 1. The van der Waals surface area contributed by atoms with Crippen LogP contribution in [0.5, 0.6) is 11.5 Å². The summed E-state index contributed by atoms with van der Waals surface area (Å²) < 4.78 is 5.68. The lowest BCUT2D eigenvalue weighted by Gasteiger charge is -2.29. The van der Waals surface area contributed by atoms with Gasteiger partial charge in [-0.1, -0.05) is 13.3 Å². The first kappa shape index (κ1) is 11.3. The van der Waals surface area contributed by atoms with Crippen molar-refractivity contribution >= 4 is 0 Å².